The van der Waals surface area contributed by atoms with Crippen molar-refractivity contribution in [1.29, 1.82) is 0 Å². The first-order valence-corrected chi connectivity index (χ1v) is 6.24. The second-order valence-electron chi connectivity index (χ2n) is 5.02. The van der Waals surface area contributed by atoms with Crippen LogP contribution in [0.4, 0.5) is 0 Å². The highest BCUT2D eigenvalue weighted by Crippen LogP contribution is 2.48. The molecular formula is C12H17NO3. The van der Waals surface area contributed by atoms with E-state index in [9.17, 15) is 9.59 Å². The van der Waals surface area contributed by atoms with Crippen LogP contribution < -0.4 is 0 Å². The Bertz CT molecular complexity index is 313. The lowest BCUT2D eigenvalue weighted by molar-refractivity contribution is -0.142. The molecule has 0 saturated carbocycles. The van der Waals surface area contributed by atoms with Gasteiger partial charge in [-0.1, -0.05) is 13.3 Å². The third-order valence-corrected chi connectivity index (χ3v) is 4.11. The van der Waals surface area contributed by atoms with Gasteiger partial charge in [0.1, 0.15) is 0 Å². The molecule has 0 aliphatic carbocycles. The first-order valence-electron chi connectivity index (χ1n) is 6.24. The molecule has 0 aromatic rings. The molecule has 4 atom stereocenters. The van der Waals surface area contributed by atoms with Gasteiger partial charge in [-0.2, -0.15) is 0 Å². The van der Waals surface area contributed by atoms with Gasteiger partial charge in [-0.05, 0) is 19.3 Å². The molecule has 0 unspecified atom stereocenters. The summed E-state index contributed by atoms with van der Waals surface area (Å²) < 4.78 is 5.66. The lowest BCUT2D eigenvalue weighted by Gasteiger charge is -2.16. The van der Waals surface area contributed by atoms with Crippen molar-refractivity contribution in [1.82, 2.24) is 4.90 Å². The largest absolute Gasteiger partial charge is 0.373 e. The van der Waals surface area contributed by atoms with Gasteiger partial charge < -0.3 is 4.74 Å². The van der Waals surface area contributed by atoms with E-state index >= 15 is 0 Å². The monoisotopic (exact) mass is 223 g/mol. The maximum atomic E-state index is 12.1. The molecule has 3 aliphatic rings. The minimum absolute atomic E-state index is 0.0238. The fraction of sp³-hybridized carbons (Fsp3) is 0.833. The number of hydrogen-bond donors (Lipinski definition) is 0. The number of unbranched alkanes of at least 4 members (excludes halogenated alkanes) is 1. The second kappa shape index (κ2) is 3.55. The summed E-state index contributed by atoms with van der Waals surface area (Å²) in [5.41, 5.74) is 0. The number of likely N-dealkylation sites (tertiary alicyclic amines) is 1. The smallest absolute Gasteiger partial charge is 0.235 e. The third kappa shape index (κ3) is 1.19. The summed E-state index contributed by atoms with van der Waals surface area (Å²) in [6.07, 6.45) is 3.87. The van der Waals surface area contributed by atoms with Gasteiger partial charge in [-0.3, -0.25) is 14.5 Å². The van der Waals surface area contributed by atoms with Gasteiger partial charge in [-0.15, -0.1) is 0 Å². The molecule has 2 amide bonds. The van der Waals surface area contributed by atoms with E-state index < -0.39 is 0 Å². The highest BCUT2D eigenvalue weighted by atomic mass is 16.5. The van der Waals surface area contributed by atoms with Crippen LogP contribution in [-0.2, 0) is 14.3 Å². The number of ether oxygens (including phenoxy) is 1. The molecule has 3 fully saturated rings. The van der Waals surface area contributed by atoms with Gasteiger partial charge in [0.2, 0.25) is 11.8 Å². The van der Waals surface area contributed by atoms with Crippen LogP contribution in [0.1, 0.15) is 32.6 Å². The number of carbonyl (C=O) groups excluding carboxylic acids is 2. The first kappa shape index (κ1) is 10.3. The molecule has 0 spiro atoms. The molecule has 4 heteroatoms. The van der Waals surface area contributed by atoms with Crippen LogP contribution in [0.15, 0.2) is 0 Å². The molecule has 16 heavy (non-hydrogen) atoms. The summed E-state index contributed by atoms with van der Waals surface area (Å²) in [5.74, 6) is -0.252. The predicted octanol–water partition coefficient (Wildman–Crippen LogP) is 0.949. The van der Waals surface area contributed by atoms with Crippen molar-refractivity contribution in [3.63, 3.8) is 0 Å². The van der Waals surface area contributed by atoms with E-state index in [0.717, 1.165) is 25.7 Å². The van der Waals surface area contributed by atoms with Crippen LogP contribution >= 0.6 is 0 Å². The quantitative estimate of drug-likeness (QED) is 0.669. The van der Waals surface area contributed by atoms with Crippen LogP contribution in [0.2, 0.25) is 0 Å². The fourth-order valence-corrected chi connectivity index (χ4v) is 3.31. The van der Waals surface area contributed by atoms with Crippen molar-refractivity contribution >= 4 is 11.8 Å². The predicted molar refractivity (Wildman–Crippen MR) is 56.5 cm³/mol. The van der Waals surface area contributed by atoms with Crippen molar-refractivity contribution < 1.29 is 14.3 Å². The third-order valence-electron chi connectivity index (χ3n) is 4.11. The molecule has 0 aromatic carbocycles. The molecular weight excluding hydrogens is 206 g/mol. The van der Waals surface area contributed by atoms with Gasteiger partial charge in [-0.25, -0.2) is 0 Å². The summed E-state index contributed by atoms with van der Waals surface area (Å²) in [6, 6.07) is 0. The Kier molecular flexibility index (Phi) is 2.28. The molecule has 0 radical (unpaired) electrons. The van der Waals surface area contributed by atoms with Gasteiger partial charge in [0.25, 0.3) is 0 Å². The summed E-state index contributed by atoms with van der Waals surface area (Å²) in [6.45, 7) is 2.67. The fourth-order valence-electron chi connectivity index (χ4n) is 3.31. The van der Waals surface area contributed by atoms with Crippen molar-refractivity contribution in [3.05, 3.63) is 0 Å². The average molecular weight is 223 g/mol. The van der Waals surface area contributed by atoms with Crippen molar-refractivity contribution in [2.24, 2.45) is 11.8 Å². The number of imide groups is 1. The highest BCUT2D eigenvalue weighted by molar-refractivity contribution is 6.06. The number of nitrogens with zero attached hydrogens (tertiary/aromatic N) is 1. The molecule has 3 aliphatic heterocycles. The van der Waals surface area contributed by atoms with Crippen molar-refractivity contribution in [3.8, 4) is 0 Å². The van der Waals surface area contributed by atoms with E-state index in [1.807, 2.05) is 0 Å². The Hall–Kier alpha value is -0.900. The summed E-state index contributed by atoms with van der Waals surface area (Å²) >= 11 is 0. The number of carbonyl (C=O) groups is 2. The standard InChI is InChI=1S/C12H17NO3/c1-2-3-6-13-11(14)9-7-4-5-8(16-7)10(9)12(13)15/h7-10H,2-6H2,1H3/t7-,8+,9-,10+. The minimum atomic E-state index is -0.150. The Morgan fingerprint density at radius 2 is 1.75 bits per heavy atom. The van der Waals surface area contributed by atoms with Crippen molar-refractivity contribution in [2.75, 3.05) is 6.54 Å². The molecule has 0 aromatic heterocycles. The second-order valence-corrected chi connectivity index (χ2v) is 5.02. The van der Waals surface area contributed by atoms with Gasteiger partial charge in [0, 0.05) is 6.54 Å². The number of amides is 2. The molecule has 0 N–H and O–H groups in total. The van der Waals surface area contributed by atoms with Crippen molar-refractivity contribution in [2.45, 2.75) is 44.8 Å². The highest BCUT2D eigenvalue weighted by Gasteiger charge is 2.61. The normalized spacial score (nSPS) is 40.9. The number of fused-ring (bicyclic) bond motifs is 5. The van der Waals surface area contributed by atoms with E-state index in [1.54, 1.807) is 0 Å². The maximum absolute atomic E-state index is 12.1. The van der Waals surface area contributed by atoms with Gasteiger partial charge >= 0.3 is 0 Å². The van der Waals surface area contributed by atoms with E-state index in [4.69, 9.17) is 4.74 Å². The van der Waals surface area contributed by atoms with E-state index in [1.165, 1.54) is 4.90 Å². The lowest BCUT2D eigenvalue weighted by atomic mass is 9.81. The summed E-state index contributed by atoms with van der Waals surface area (Å²) in [4.78, 5) is 25.7. The number of rotatable bonds is 3. The van der Waals surface area contributed by atoms with Crippen LogP contribution in [0.25, 0.3) is 0 Å². The summed E-state index contributed by atoms with van der Waals surface area (Å²) in [7, 11) is 0. The van der Waals surface area contributed by atoms with E-state index in [-0.39, 0.29) is 35.9 Å². The Balaban J connectivity index is 1.81. The Morgan fingerprint density at radius 3 is 2.25 bits per heavy atom. The Labute approximate surface area is 94.9 Å². The van der Waals surface area contributed by atoms with E-state index in [2.05, 4.69) is 6.92 Å². The SMILES string of the molecule is CCCCN1C(=O)[C@@H]2[C@H](C1=O)[C@H]1CC[C@@H]2O1. The molecule has 2 bridgehead atoms. The van der Waals surface area contributed by atoms with Gasteiger partial charge in [0.05, 0.1) is 24.0 Å². The minimum Gasteiger partial charge on any atom is -0.373 e. The average Bonchev–Trinajstić information content (AvgIpc) is 2.92. The zero-order chi connectivity index (χ0) is 11.3. The summed E-state index contributed by atoms with van der Waals surface area (Å²) in [5, 5.41) is 0. The molecule has 88 valence electrons. The van der Waals surface area contributed by atoms with Gasteiger partial charge in [0.15, 0.2) is 0 Å². The first-order chi connectivity index (χ1) is 7.74. The molecule has 4 nitrogen and oxygen atoms in total. The number of hydrogen-bond acceptors (Lipinski definition) is 3. The molecule has 3 rings (SSSR count). The topological polar surface area (TPSA) is 46.6 Å². The molecule has 3 heterocycles. The zero-order valence-corrected chi connectivity index (χ0v) is 9.52. The van der Waals surface area contributed by atoms with E-state index in [0.29, 0.717) is 6.54 Å². The maximum Gasteiger partial charge on any atom is 0.235 e. The van der Waals surface area contributed by atoms with Crippen LogP contribution in [0.3, 0.4) is 0 Å². The zero-order valence-electron chi connectivity index (χ0n) is 9.52. The van der Waals surface area contributed by atoms with Crippen LogP contribution in [-0.4, -0.2) is 35.5 Å². The lowest BCUT2D eigenvalue weighted by Crippen LogP contribution is -2.34. The molecule has 3 saturated heterocycles. The Morgan fingerprint density at radius 1 is 1.19 bits per heavy atom. The van der Waals surface area contributed by atoms with Crippen LogP contribution in [0.5, 0.6) is 0 Å². The van der Waals surface area contributed by atoms with Crippen LogP contribution in [0, 0.1) is 11.8 Å².